The van der Waals surface area contributed by atoms with E-state index in [4.69, 9.17) is 0 Å². The summed E-state index contributed by atoms with van der Waals surface area (Å²) in [5, 5.41) is 9.89. The van der Waals surface area contributed by atoms with E-state index >= 15 is 0 Å². The Kier molecular flexibility index (Phi) is 3.46. The lowest BCUT2D eigenvalue weighted by Crippen LogP contribution is -2.25. The highest BCUT2D eigenvalue weighted by molar-refractivity contribution is 5.35. The van der Waals surface area contributed by atoms with Crippen molar-refractivity contribution in [2.75, 3.05) is 0 Å². The van der Waals surface area contributed by atoms with E-state index in [9.17, 15) is 5.11 Å². The van der Waals surface area contributed by atoms with Gasteiger partial charge in [-0.3, -0.25) is 0 Å². The van der Waals surface area contributed by atoms with Gasteiger partial charge < -0.3 is 5.11 Å². The summed E-state index contributed by atoms with van der Waals surface area (Å²) < 4.78 is 0. The summed E-state index contributed by atoms with van der Waals surface area (Å²) in [5.41, 5.74) is 1.59. The van der Waals surface area contributed by atoms with Crippen LogP contribution in [0, 0.1) is 11.3 Å². The fourth-order valence-corrected chi connectivity index (χ4v) is 3.10. The molecule has 0 atom stereocenters. The lowest BCUT2D eigenvalue weighted by molar-refractivity contribution is 0.168. The molecule has 0 spiro atoms. The monoisotopic (exact) mass is 232 g/mol. The van der Waals surface area contributed by atoms with Crippen molar-refractivity contribution < 1.29 is 5.11 Å². The summed E-state index contributed by atoms with van der Waals surface area (Å²) >= 11 is 0. The maximum atomic E-state index is 9.89. The van der Waals surface area contributed by atoms with Crippen LogP contribution in [0.2, 0.25) is 0 Å². The van der Waals surface area contributed by atoms with E-state index in [0.29, 0.717) is 17.1 Å². The van der Waals surface area contributed by atoms with Crippen LogP contribution in [0.5, 0.6) is 5.75 Å². The first kappa shape index (κ1) is 12.5. The van der Waals surface area contributed by atoms with Crippen LogP contribution in [0.4, 0.5) is 0 Å². The highest BCUT2D eigenvalue weighted by Crippen LogP contribution is 2.44. The Hall–Kier alpha value is -0.980. The van der Waals surface area contributed by atoms with Crippen LogP contribution >= 0.6 is 0 Å². The van der Waals surface area contributed by atoms with Crippen LogP contribution in [-0.2, 0) is 0 Å². The molecule has 0 radical (unpaired) electrons. The van der Waals surface area contributed by atoms with Gasteiger partial charge in [-0.2, -0.15) is 0 Å². The van der Waals surface area contributed by atoms with Gasteiger partial charge in [0, 0.05) is 0 Å². The van der Waals surface area contributed by atoms with Crippen LogP contribution in [0.1, 0.15) is 57.9 Å². The van der Waals surface area contributed by atoms with Crippen molar-refractivity contribution in [1.29, 1.82) is 0 Å². The van der Waals surface area contributed by atoms with Gasteiger partial charge >= 0.3 is 0 Å². The van der Waals surface area contributed by atoms with Crippen molar-refractivity contribution in [3.8, 4) is 5.75 Å². The summed E-state index contributed by atoms with van der Waals surface area (Å²) in [7, 11) is 0. The lowest BCUT2D eigenvalue weighted by atomic mass is 9.68. The number of aromatic hydroxyl groups is 1. The van der Waals surface area contributed by atoms with E-state index in [0.717, 1.165) is 11.5 Å². The van der Waals surface area contributed by atoms with Gasteiger partial charge in [-0.25, -0.2) is 0 Å². The van der Waals surface area contributed by atoms with Crippen molar-refractivity contribution in [1.82, 2.24) is 0 Å². The Morgan fingerprint density at radius 3 is 2.12 bits per heavy atom. The molecule has 0 aromatic heterocycles. The molecule has 0 heterocycles. The molecule has 0 aliphatic heterocycles. The maximum Gasteiger partial charge on any atom is 0.119 e. The Morgan fingerprint density at radius 1 is 1.00 bits per heavy atom. The average molecular weight is 232 g/mol. The van der Waals surface area contributed by atoms with E-state index in [-0.39, 0.29) is 0 Å². The van der Waals surface area contributed by atoms with E-state index < -0.39 is 0 Å². The molecule has 1 heteroatoms. The molecule has 1 aliphatic carbocycles. The van der Waals surface area contributed by atoms with Crippen LogP contribution in [-0.4, -0.2) is 5.11 Å². The number of hydrogen-bond acceptors (Lipinski definition) is 1. The molecule has 0 unspecified atom stereocenters. The van der Waals surface area contributed by atoms with Gasteiger partial charge in [-0.1, -0.05) is 39.0 Å². The van der Waals surface area contributed by atoms with Crippen molar-refractivity contribution in [3.63, 3.8) is 0 Å². The summed E-state index contributed by atoms with van der Waals surface area (Å²) in [5.74, 6) is 1.88. The second-order valence-electron chi connectivity index (χ2n) is 6.47. The summed E-state index contributed by atoms with van der Waals surface area (Å²) in [4.78, 5) is 0. The zero-order chi connectivity index (χ0) is 12.5. The van der Waals surface area contributed by atoms with Crippen LogP contribution in [0.15, 0.2) is 24.3 Å². The molecular formula is C16H24O. The molecule has 0 amide bonds. The molecule has 1 aromatic rings. The van der Waals surface area contributed by atoms with Crippen molar-refractivity contribution in [2.24, 2.45) is 11.3 Å². The third kappa shape index (κ3) is 2.83. The van der Waals surface area contributed by atoms with Crippen molar-refractivity contribution >= 4 is 0 Å². The third-order valence-corrected chi connectivity index (χ3v) is 4.33. The number of hydrogen-bond donors (Lipinski definition) is 1. The maximum absolute atomic E-state index is 9.89. The minimum atomic E-state index is 0.434. The van der Waals surface area contributed by atoms with E-state index in [2.05, 4.69) is 26.8 Å². The fraction of sp³-hybridized carbons (Fsp3) is 0.625. The molecule has 1 fully saturated rings. The highest BCUT2D eigenvalue weighted by atomic mass is 16.3. The SMILES string of the molecule is CC(C)(C)C1CCC(c2ccccc2O)CC1. The van der Waals surface area contributed by atoms with Crippen molar-refractivity contribution in [2.45, 2.75) is 52.4 Å². The van der Waals surface area contributed by atoms with Gasteiger partial charge in [0.2, 0.25) is 0 Å². The molecule has 0 bridgehead atoms. The van der Waals surface area contributed by atoms with Gasteiger partial charge in [0.1, 0.15) is 5.75 Å². The molecule has 1 aromatic carbocycles. The Morgan fingerprint density at radius 2 is 1.59 bits per heavy atom. The molecule has 94 valence electrons. The summed E-state index contributed by atoms with van der Waals surface area (Å²) in [6.07, 6.45) is 5.03. The predicted octanol–water partition coefficient (Wildman–Crippen LogP) is 4.71. The van der Waals surface area contributed by atoms with Crippen LogP contribution in [0.3, 0.4) is 0 Å². The lowest BCUT2D eigenvalue weighted by Gasteiger charge is -2.37. The van der Waals surface area contributed by atoms with Crippen LogP contribution < -0.4 is 0 Å². The number of rotatable bonds is 1. The fourth-order valence-electron chi connectivity index (χ4n) is 3.10. The largest absolute Gasteiger partial charge is 0.508 e. The quantitative estimate of drug-likeness (QED) is 0.743. The molecular weight excluding hydrogens is 208 g/mol. The number of para-hydroxylation sites is 1. The minimum absolute atomic E-state index is 0.434. The first-order valence-corrected chi connectivity index (χ1v) is 6.76. The summed E-state index contributed by atoms with van der Waals surface area (Å²) in [6.45, 7) is 7.04. The average Bonchev–Trinajstić information content (AvgIpc) is 2.29. The van der Waals surface area contributed by atoms with Crippen molar-refractivity contribution in [3.05, 3.63) is 29.8 Å². The first-order valence-electron chi connectivity index (χ1n) is 6.76. The number of benzene rings is 1. The zero-order valence-corrected chi connectivity index (χ0v) is 11.2. The minimum Gasteiger partial charge on any atom is -0.508 e. The van der Waals surface area contributed by atoms with Gasteiger partial charge in [0.05, 0.1) is 0 Å². The smallest absolute Gasteiger partial charge is 0.119 e. The first-order chi connectivity index (χ1) is 7.98. The number of phenolic OH excluding ortho intramolecular Hbond substituents is 1. The standard InChI is InChI=1S/C16H24O/c1-16(2,3)13-10-8-12(9-11-13)14-6-4-5-7-15(14)17/h4-7,12-13,17H,8-11H2,1-3H3. The third-order valence-electron chi connectivity index (χ3n) is 4.33. The van der Waals surface area contributed by atoms with Gasteiger partial charge in [0.25, 0.3) is 0 Å². The van der Waals surface area contributed by atoms with E-state index in [1.165, 1.54) is 25.7 Å². The van der Waals surface area contributed by atoms with Gasteiger partial charge in [-0.15, -0.1) is 0 Å². The van der Waals surface area contributed by atoms with Gasteiger partial charge in [-0.05, 0) is 54.6 Å². The predicted molar refractivity (Wildman–Crippen MR) is 72.3 cm³/mol. The van der Waals surface area contributed by atoms with E-state index in [1.807, 2.05) is 18.2 Å². The van der Waals surface area contributed by atoms with Gasteiger partial charge in [0.15, 0.2) is 0 Å². The number of phenols is 1. The Labute approximate surface area is 105 Å². The summed E-state index contributed by atoms with van der Waals surface area (Å²) in [6, 6.07) is 7.83. The topological polar surface area (TPSA) is 20.2 Å². The molecule has 1 N–H and O–H groups in total. The zero-order valence-electron chi connectivity index (χ0n) is 11.2. The Bertz CT molecular complexity index is 367. The Balaban J connectivity index is 2.03. The molecule has 2 rings (SSSR count). The highest BCUT2D eigenvalue weighted by Gasteiger charge is 2.30. The second kappa shape index (κ2) is 4.72. The molecule has 1 aliphatic rings. The normalized spacial score (nSPS) is 25.8. The molecule has 0 saturated heterocycles. The molecule has 17 heavy (non-hydrogen) atoms. The second-order valence-corrected chi connectivity index (χ2v) is 6.47. The molecule has 1 saturated carbocycles. The van der Waals surface area contributed by atoms with Crippen LogP contribution in [0.25, 0.3) is 0 Å². The van der Waals surface area contributed by atoms with E-state index in [1.54, 1.807) is 0 Å². The molecule has 1 nitrogen and oxygen atoms in total.